The van der Waals surface area contributed by atoms with Gasteiger partial charge in [-0.15, -0.1) is 0 Å². The van der Waals surface area contributed by atoms with Crippen molar-refractivity contribution in [2.24, 2.45) is 17.2 Å². The van der Waals surface area contributed by atoms with Crippen LogP contribution in [0.25, 0.3) is 10.8 Å². The Morgan fingerprint density at radius 3 is 2.33 bits per heavy atom. The number of hydrogen-bond donors (Lipinski definition) is 3. The minimum absolute atomic E-state index is 0.136. The molecule has 0 aromatic heterocycles. The summed E-state index contributed by atoms with van der Waals surface area (Å²) in [6, 6.07) is 19.7. The summed E-state index contributed by atoms with van der Waals surface area (Å²) in [6.45, 7) is 0.491. The Morgan fingerprint density at radius 2 is 1.60 bits per heavy atom. The predicted octanol–water partition coefficient (Wildman–Crippen LogP) is 3.28. The number of thioether (sulfide) groups is 1. The molecular formula is C24H27N3O2S. The molecule has 0 bridgehead atoms. The summed E-state index contributed by atoms with van der Waals surface area (Å²) >= 11 is 1.07. The summed E-state index contributed by atoms with van der Waals surface area (Å²) < 4.78 is 0. The molecule has 0 aliphatic carbocycles. The lowest BCUT2D eigenvalue weighted by Crippen LogP contribution is -2.31. The number of Topliss-reactive ketones (excluding diaryl/α,β-unsaturated/α-hetero) is 1. The van der Waals surface area contributed by atoms with E-state index in [1.807, 2.05) is 60.7 Å². The highest BCUT2D eigenvalue weighted by Gasteiger charge is 2.21. The quantitative estimate of drug-likeness (QED) is 0.361. The van der Waals surface area contributed by atoms with Crippen molar-refractivity contribution in [2.45, 2.75) is 36.2 Å². The molecule has 0 amide bonds. The smallest absolute Gasteiger partial charge is 0.210 e. The maximum Gasteiger partial charge on any atom is 0.210 e. The average Bonchev–Trinajstić information content (AvgIpc) is 2.77. The van der Waals surface area contributed by atoms with Crippen LogP contribution in [-0.2, 0) is 11.2 Å². The number of carbonyl (C=O) groups is 2. The molecule has 0 spiro atoms. The van der Waals surface area contributed by atoms with Crippen LogP contribution < -0.4 is 17.2 Å². The Kier molecular flexibility index (Phi) is 7.76. The molecule has 0 heterocycles. The molecule has 6 N–H and O–H groups in total. The molecule has 30 heavy (non-hydrogen) atoms. The zero-order chi connectivity index (χ0) is 21.5. The fourth-order valence-corrected chi connectivity index (χ4v) is 4.19. The van der Waals surface area contributed by atoms with E-state index in [4.69, 9.17) is 17.2 Å². The average molecular weight is 422 g/mol. The number of fused-ring (bicyclic) bond motifs is 1. The van der Waals surface area contributed by atoms with Gasteiger partial charge in [-0.3, -0.25) is 9.59 Å². The van der Waals surface area contributed by atoms with Gasteiger partial charge in [0, 0.05) is 10.5 Å². The van der Waals surface area contributed by atoms with E-state index in [0.717, 1.165) is 28.1 Å². The molecule has 0 unspecified atom stereocenters. The third-order valence-electron chi connectivity index (χ3n) is 4.98. The van der Waals surface area contributed by atoms with Crippen molar-refractivity contribution in [2.75, 3.05) is 6.54 Å². The van der Waals surface area contributed by atoms with Crippen LogP contribution in [0.3, 0.4) is 0 Å². The number of carbonyl (C=O) groups excluding carboxylic acids is 2. The molecule has 0 saturated heterocycles. The maximum atomic E-state index is 13.0. The Balaban J connectivity index is 1.83. The molecule has 0 fully saturated rings. The van der Waals surface area contributed by atoms with Gasteiger partial charge in [0.05, 0.1) is 12.1 Å². The molecule has 0 aliphatic heterocycles. The van der Waals surface area contributed by atoms with Gasteiger partial charge >= 0.3 is 0 Å². The maximum absolute atomic E-state index is 13.0. The molecule has 2 atom stereocenters. The summed E-state index contributed by atoms with van der Waals surface area (Å²) in [5.74, 6) is -0.136. The number of nitrogens with two attached hydrogens (primary N) is 3. The molecule has 3 aromatic carbocycles. The first-order chi connectivity index (χ1) is 14.5. The fraction of sp³-hybridized carbons (Fsp3) is 0.250. The first-order valence-corrected chi connectivity index (χ1v) is 10.8. The van der Waals surface area contributed by atoms with Crippen LogP contribution in [0.1, 0.15) is 28.8 Å². The van der Waals surface area contributed by atoms with Crippen molar-refractivity contribution >= 4 is 33.4 Å². The van der Waals surface area contributed by atoms with E-state index in [1.54, 1.807) is 6.07 Å². The largest absolute Gasteiger partial charge is 0.330 e. The SMILES string of the molecule is NCCC[C@H](N)C(=O)c1cc(SC(=O)[C@@H](N)Cc2ccccc2)cc2ccccc12. The second kappa shape index (κ2) is 10.5. The van der Waals surface area contributed by atoms with Crippen LogP contribution in [-0.4, -0.2) is 29.5 Å². The second-order valence-electron chi connectivity index (χ2n) is 7.31. The summed E-state index contributed by atoms with van der Waals surface area (Å²) in [5.41, 5.74) is 19.3. The Hall–Kier alpha value is -2.51. The van der Waals surface area contributed by atoms with Crippen LogP contribution in [0.2, 0.25) is 0 Å². The molecule has 156 valence electrons. The molecule has 0 radical (unpaired) electrons. The third kappa shape index (κ3) is 5.55. The summed E-state index contributed by atoms with van der Waals surface area (Å²) in [5, 5.41) is 1.58. The van der Waals surface area contributed by atoms with Gasteiger partial charge in [0.2, 0.25) is 5.12 Å². The zero-order valence-corrected chi connectivity index (χ0v) is 17.6. The molecule has 5 nitrogen and oxygen atoms in total. The number of ketones is 1. The van der Waals surface area contributed by atoms with Crippen LogP contribution in [0.15, 0.2) is 71.6 Å². The van der Waals surface area contributed by atoms with Crippen LogP contribution in [0.5, 0.6) is 0 Å². The topological polar surface area (TPSA) is 112 Å². The van der Waals surface area contributed by atoms with Gasteiger partial charge in [-0.1, -0.05) is 66.4 Å². The highest BCUT2D eigenvalue weighted by Crippen LogP contribution is 2.29. The van der Waals surface area contributed by atoms with Crippen LogP contribution in [0.4, 0.5) is 0 Å². The summed E-state index contributed by atoms with van der Waals surface area (Å²) in [7, 11) is 0. The first-order valence-electron chi connectivity index (χ1n) is 10.0. The second-order valence-corrected chi connectivity index (χ2v) is 8.39. The Morgan fingerprint density at radius 1 is 0.900 bits per heavy atom. The van der Waals surface area contributed by atoms with E-state index < -0.39 is 12.1 Å². The van der Waals surface area contributed by atoms with Gasteiger partial charge in [-0.2, -0.15) is 0 Å². The lowest BCUT2D eigenvalue weighted by atomic mass is 9.96. The van der Waals surface area contributed by atoms with E-state index in [9.17, 15) is 9.59 Å². The van der Waals surface area contributed by atoms with E-state index in [-0.39, 0.29) is 10.9 Å². The van der Waals surface area contributed by atoms with Gasteiger partial charge in [0.15, 0.2) is 5.78 Å². The normalized spacial score (nSPS) is 13.2. The highest BCUT2D eigenvalue weighted by molar-refractivity contribution is 8.13. The Labute approximate surface area is 181 Å². The van der Waals surface area contributed by atoms with Gasteiger partial charge in [-0.25, -0.2) is 0 Å². The van der Waals surface area contributed by atoms with Crippen LogP contribution >= 0.6 is 11.8 Å². The van der Waals surface area contributed by atoms with Crippen molar-refractivity contribution in [1.29, 1.82) is 0 Å². The minimum atomic E-state index is -0.630. The van der Waals surface area contributed by atoms with E-state index >= 15 is 0 Å². The van der Waals surface area contributed by atoms with Crippen molar-refractivity contribution < 1.29 is 9.59 Å². The lowest BCUT2D eigenvalue weighted by molar-refractivity contribution is -0.112. The summed E-state index contributed by atoms with van der Waals surface area (Å²) in [4.78, 5) is 26.4. The van der Waals surface area contributed by atoms with E-state index in [2.05, 4.69) is 0 Å². The molecule has 3 aromatic rings. The van der Waals surface area contributed by atoms with Crippen LogP contribution in [0, 0.1) is 0 Å². The third-order valence-corrected chi connectivity index (χ3v) is 5.95. The first kappa shape index (κ1) is 22.2. The molecule has 6 heteroatoms. The standard InChI is InChI=1S/C24H27N3O2S/c25-12-6-11-21(26)23(28)20-15-18(14-17-9-4-5-10-19(17)20)30-24(29)22(27)13-16-7-2-1-3-8-16/h1-5,7-10,14-15,21-22H,6,11-13,25-27H2/t21-,22-/m0/s1. The highest BCUT2D eigenvalue weighted by atomic mass is 32.2. The van der Waals surface area contributed by atoms with Gasteiger partial charge in [0.25, 0.3) is 0 Å². The molecular weight excluding hydrogens is 394 g/mol. The van der Waals surface area contributed by atoms with Crippen molar-refractivity contribution in [3.63, 3.8) is 0 Å². The monoisotopic (exact) mass is 421 g/mol. The Bertz CT molecular complexity index is 1020. The number of hydrogen-bond acceptors (Lipinski definition) is 6. The van der Waals surface area contributed by atoms with Crippen molar-refractivity contribution in [3.05, 3.63) is 77.9 Å². The molecule has 0 aliphatic rings. The molecule has 3 rings (SSSR count). The zero-order valence-electron chi connectivity index (χ0n) is 16.8. The van der Waals surface area contributed by atoms with Gasteiger partial charge in [-0.05, 0) is 54.3 Å². The number of benzene rings is 3. The number of rotatable bonds is 9. The van der Waals surface area contributed by atoms with Gasteiger partial charge in [0.1, 0.15) is 0 Å². The predicted molar refractivity (Wildman–Crippen MR) is 124 cm³/mol. The van der Waals surface area contributed by atoms with Gasteiger partial charge < -0.3 is 17.2 Å². The van der Waals surface area contributed by atoms with E-state index in [0.29, 0.717) is 36.3 Å². The van der Waals surface area contributed by atoms with E-state index in [1.165, 1.54) is 0 Å². The van der Waals surface area contributed by atoms with Crippen molar-refractivity contribution in [3.8, 4) is 0 Å². The lowest BCUT2D eigenvalue weighted by Gasteiger charge is -2.15. The summed E-state index contributed by atoms with van der Waals surface area (Å²) in [6.07, 6.45) is 1.68. The van der Waals surface area contributed by atoms with Crippen molar-refractivity contribution in [1.82, 2.24) is 0 Å². The molecule has 0 saturated carbocycles. The minimum Gasteiger partial charge on any atom is -0.330 e. The fourth-order valence-electron chi connectivity index (χ4n) is 3.36.